The van der Waals surface area contributed by atoms with E-state index in [2.05, 4.69) is 39.0 Å². The van der Waals surface area contributed by atoms with Gasteiger partial charge in [-0.3, -0.25) is 0 Å². The second-order valence-corrected chi connectivity index (χ2v) is 7.00. The highest BCUT2D eigenvalue weighted by Crippen LogP contribution is 2.38. The summed E-state index contributed by atoms with van der Waals surface area (Å²) in [7, 11) is 0. The maximum Gasteiger partial charge on any atom is 0.255 e. The van der Waals surface area contributed by atoms with Crippen molar-refractivity contribution in [3.8, 4) is 11.1 Å². The summed E-state index contributed by atoms with van der Waals surface area (Å²) in [5.74, 6) is 1.57. The van der Waals surface area contributed by atoms with Gasteiger partial charge in [-0.1, -0.05) is 55.1 Å². The van der Waals surface area contributed by atoms with E-state index >= 15 is 0 Å². The summed E-state index contributed by atoms with van der Waals surface area (Å²) in [5.41, 5.74) is 3.24. The fraction of sp³-hybridized carbons (Fsp3) is 0.421. The molecule has 2 aromatic heterocycles. The van der Waals surface area contributed by atoms with Gasteiger partial charge in [0.2, 0.25) is 0 Å². The molecule has 0 N–H and O–H groups in total. The van der Waals surface area contributed by atoms with Crippen molar-refractivity contribution >= 4 is 23.2 Å². The van der Waals surface area contributed by atoms with E-state index in [9.17, 15) is 0 Å². The van der Waals surface area contributed by atoms with Crippen LogP contribution in [0.5, 0.6) is 0 Å². The van der Waals surface area contributed by atoms with Gasteiger partial charge in [0.15, 0.2) is 0 Å². The molecular weight excluding hydrogens is 334 g/mol. The molecule has 1 fully saturated rings. The van der Waals surface area contributed by atoms with Gasteiger partial charge in [0.05, 0.1) is 5.56 Å². The maximum absolute atomic E-state index is 6.65. The Kier molecular flexibility index (Phi) is 4.57. The van der Waals surface area contributed by atoms with Crippen molar-refractivity contribution in [2.75, 3.05) is 18.0 Å². The standard InChI is InChI=1S/C19H22ClN5/c1-14-9-5-6-10-15(14)16-17(20)23-19-21-13-22-25(19)18(16)24-11-7-3-2-4-8-12-24/h5-6,9-10,13H,2-4,7-8,11-12H2,1H3. The van der Waals surface area contributed by atoms with Crippen LogP contribution in [0, 0.1) is 6.92 Å². The van der Waals surface area contributed by atoms with E-state index in [1.165, 1.54) is 37.7 Å². The molecule has 0 bridgehead atoms. The van der Waals surface area contributed by atoms with Crippen LogP contribution < -0.4 is 4.90 Å². The largest absolute Gasteiger partial charge is 0.356 e. The minimum absolute atomic E-state index is 0.492. The first kappa shape index (κ1) is 16.3. The minimum Gasteiger partial charge on any atom is -0.356 e. The number of anilines is 1. The molecule has 0 saturated carbocycles. The molecule has 130 valence electrons. The molecule has 1 aromatic carbocycles. The Balaban J connectivity index is 1.95. The van der Waals surface area contributed by atoms with Crippen LogP contribution in [0.4, 0.5) is 5.82 Å². The summed E-state index contributed by atoms with van der Waals surface area (Å²) >= 11 is 6.65. The Hall–Kier alpha value is -2.14. The van der Waals surface area contributed by atoms with Gasteiger partial charge in [0, 0.05) is 13.1 Å². The molecule has 0 atom stereocenters. The summed E-state index contributed by atoms with van der Waals surface area (Å²) in [6.07, 6.45) is 7.79. The predicted octanol–water partition coefficient (Wildman–Crippen LogP) is 4.52. The third-order valence-electron chi connectivity index (χ3n) is 4.93. The van der Waals surface area contributed by atoms with E-state index in [0.29, 0.717) is 10.9 Å². The highest BCUT2D eigenvalue weighted by molar-refractivity contribution is 6.33. The Labute approximate surface area is 152 Å². The first-order chi connectivity index (χ1) is 12.3. The fourth-order valence-electron chi connectivity index (χ4n) is 3.64. The number of hydrogen-bond acceptors (Lipinski definition) is 4. The summed E-state index contributed by atoms with van der Waals surface area (Å²) in [4.78, 5) is 11.2. The summed E-state index contributed by atoms with van der Waals surface area (Å²) in [5, 5.41) is 4.94. The van der Waals surface area contributed by atoms with Gasteiger partial charge in [-0.05, 0) is 30.9 Å². The van der Waals surface area contributed by atoms with Gasteiger partial charge in [-0.25, -0.2) is 0 Å². The molecule has 0 spiro atoms. The Morgan fingerprint density at radius 2 is 1.72 bits per heavy atom. The first-order valence-corrected chi connectivity index (χ1v) is 9.33. The van der Waals surface area contributed by atoms with Gasteiger partial charge < -0.3 is 4.90 Å². The van der Waals surface area contributed by atoms with Crippen LogP contribution in [0.25, 0.3) is 16.9 Å². The SMILES string of the molecule is Cc1ccccc1-c1c(Cl)nc2ncnn2c1N1CCCCCCC1. The lowest BCUT2D eigenvalue weighted by Crippen LogP contribution is -2.30. The number of nitrogens with zero attached hydrogens (tertiary/aromatic N) is 5. The van der Waals surface area contributed by atoms with Crippen molar-refractivity contribution in [3.05, 3.63) is 41.3 Å². The molecule has 5 nitrogen and oxygen atoms in total. The quantitative estimate of drug-likeness (QED) is 0.634. The van der Waals surface area contributed by atoms with Crippen molar-refractivity contribution in [2.45, 2.75) is 39.0 Å². The molecule has 1 aliphatic rings. The Morgan fingerprint density at radius 3 is 2.48 bits per heavy atom. The second-order valence-electron chi connectivity index (χ2n) is 6.64. The highest BCUT2D eigenvalue weighted by atomic mass is 35.5. The molecule has 1 aliphatic heterocycles. The Bertz CT molecular complexity index is 881. The van der Waals surface area contributed by atoms with Crippen LogP contribution in [-0.4, -0.2) is 32.7 Å². The van der Waals surface area contributed by atoms with Gasteiger partial charge in [-0.15, -0.1) is 0 Å². The van der Waals surface area contributed by atoms with Crippen molar-refractivity contribution in [2.24, 2.45) is 0 Å². The van der Waals surface area contributed by atoms with Crippen LogP contribution in [-0.2, 0) is 0 Å². The zero-order chi connectivity index (χ0) is 17.2. The lowest BCUT2D eigenvalue weighted by Gasteiger charge is -2.29. The van der Waals surface area contributed by atoms with Crippen LogP contribution in [0.1, 0.15) is 37.7 Å². The Morgan fingerprint density at radius 1 is 1.00 bits per heavy atom. The predicted molar refractivity (Wildman–Crippen MR) is 101 cm³/mol. The van der Waals surface area contributed by atoms with Crippen LogP contribution >= 0.6 is 11.6 Å². The highest BCUT2D eigenvalue weighted by Gasteiger charge is 2.23. The van der Waals surface area contributed by atoms with Crippen molar-refractivity contribution in [1.82, 2.24) is 19.6 Å². The van der Waals surface area contributed by atoms with Gasteiger partial charge >= 0.3 is 0 Å². The van der Waals surface area contributed by atoms with E-state index in [-0.39, 0.29) is 0 Å². The number of aromatic nitrogens is 4. The number of aryl methyl sites for hydroxylation is 1. The van der Waals surface area contributed by atoms with E-state index < -0.39 is 0 Å². The summed E-state index contributed by atoms with van der Waals surface area (Å²) < 4.78 is 1.84. The van der Waals surface area contributed by atoms with Gasteiger partial charge in [0.25, 0.3) is 5.78 Å². The molecule has 0 amide bonds. The first-order valence-electron chi connectivity index (χ1n) is 8.96. The number of hydrogen-bond donors (Lipinski definition) is 0. The van der Waals surface area contributed by atoms with Gasteiger partial charge in [-0.2, -0.15) is 19.6 Å². The van der Waals surface area contributed by atoms with E-state index in [0.717, 1.165) is 30.0 Å². The monoisotopic (exact) mass is 355 g/mol. The molecule has 3 heterocycles. The molecule has 25 heavy (non-hydrogen) atoms. The smallest absolute Gasteiger partial charge is 0.255 e. The van der Waals surface area contributed by atoms with Crippen molar-refractivity contribution in [1.29, 1.82) is 0 Å². The molecule has 0 aliphatic carbocycles. The lowest BCUT2D eigenvalue weighted by atomic mass is 10.0. The summed E-state index contributed by atoms with van der Waals surface area (Å²) in [6, 6.07) is 8.30. The normalized spacial score (nSPS) is 16.0. The third-order valence-corrected chi connectivity index (χ3v) is 5.20. The fourth-order valence-corrected chi connectivity index (χ4v) is 3.90. The number of benzene rings is 1. The molecule has 3 aromatic rings. The van der Waals surface area contributed by atoms with E-state index in [1.54, 1.807) is 6.33 Å². The van der Waals surface area contributed by atoms with E-state index in [4.69, 9.17) is 11.6 Å². The van der Waals surface area contributed by atoms with E-state index in [1.807, 2.05) is 16.6 Å². The molecule has 4 rings (SSSR count). The average molecular weight is 356 g/mol. The molecule has 0 radical (unpaired) electrons. The van der Waals surface area contributed by atoms with Crippen LogP contribution in [0.3, 0.4) is 0 Å². The summed E-state index contributed by atoms with van der Waals surface area (Å²) in [6.45, 7) is 4.12. The van der Waals surface area contributed by atoms with Crippen LogP contribution in [0.2, 0.25) is 5.15 Å². The van der Waals surface area contributed by atoms with Gasteiger partial charge in [0.1, 0.15) is 17.3 Å². The lowest BCUT2D eigenvalue weighted by molar-refractivity contribution is 0.551. The van der Waals surface area contributed by atoms with Crippen molar-refractivity contribution < 1.29 is 0 Å². The maximum atomic E-state index is 6.65. The number of fused-ring (bicyclic) bond motifs is 1. The molecule has 1 saturated heterocycles. The van der Waals surface area contributed by atoms with Crippen molar-refractivity contribution in [3.63, 3.8) is 0 Å². The third kappa shape index (κ3) is 3.09. The number of rotatable bonds is 2. The minimum atomic E-state index is 0.492. The molecular formula is C19H22ClN5. The topological polar surface area (TPSA) is 46.3 Å². The average Bonchev–Trinajstić information content (AvgIpc) is 3.03. The zero-order valence-electron chi connectivity index (χ0n) is 14.5. The van der Waals surface area contributed by atoms with Crippen LogP contribution in [0.15, 0.2) is 30.6 Å². The molecule has 6 heteroatoms. The number of halogens is 1. The zero-order valence-corrected chi connectivity index (χ0v) is 15.2. The molecule has 0 unspecified atom stereocenters. The second kappa shape index (κ2) is 7.00.